The van der Waals surface area contributed by atoms with Crippen LogP contribution in [0, 0.1) is 11.3 Å². The second-order valence-corrected chi connectivity index (χ2v) is 4.73. The summed E-state index contributed by atoms with van der Waals surface area (Å²) in [5.41, 5.74) is 1.66. The van der Waals surface area contributed by atoms with Gasteiger partial charge in [0.1, 0.15) is 11.8 Å². The quantitative estimate of drug-likeness (QED) is 0.942. The zero-order valence-corrected chi connectivity index (χ0v) is 11.6. The minimum atomic E-state index is -0.281. The van der Waals surface area contributed by atoms with Gasteiger partial charge in [-0.1, -0.05) is 23.7 Å². The van der Waals surface area contributed by atoms with Gasteiger partial charge in [0.25, 0.3) is 5.91 Å². The van der Waals surface area contributed by atoms with Crippen LogP contribution in [-0.2, 0) is 0 Å². The van der Waals surface area contributed by atoms with Crippen molar-refractivity contribution >= 4 is 17.5 Å². The summed E-state index contributed by atoms with van der Waals surface area (Å²) in [6.45, 7) is 1.88. The van der Waals surface area contributed by atoms with Crippen molar-refractivity contribution < 1.29 is 4.79 Å². The molecule has 0 fully saturated rings. The number of rotatable bonds is 3. The number of nitrogens with zero attached hydrogens (tertiary/aromatic N) is 2. The third kappa shape index (κ3) is 3.34. The van der Waals surface area contributed by atoms with Crippen molar-refractivity contribution in [3.8, 4) is 6.07 Å². The largest absolute Gasteiger partial charge is 0.344 e. The van der Waals surface area contributed by atoms with Gasteiger partial charge < -0.3 is 5.32 Å². The first-order valence-corrected chi connectivity index (χ1v) is 6.40. The molecule has 2 aromatic rings. The topological polar surface area (TPSA) is 65.8 Å². The molecule has 20 heavy (non-hydrogen) atoms. The van der Waals surface area contributed by atoms with Crippen LogP contribution in [0.2, 0.25) is 5.02 Å². The highest BCUT2D eigenvalue weighted by Crippen LogP contribution is 2.16. The first kappa shape index (κ1) is 14.0. The van der Waals surface area contributed by atoms with Crippen molar-refractivity contribution in [1.82, 2.24) is 10.3 Å². The molecule has 0 saturated heterocycles. The van der Waals surface area contributed by atoms with Gasteiger partial charge in [0, 0.05) is 11.2 Å². The summed E-state index contributed by atoms with van der Waals surface area (Å²) in [6, 6.07) is 12.2. The van der Waals surface area contributed by atoms with Crippen LogP contribution >= 0.6 is 11.6 Å². The van der Waals surface area contributed by atoms with Crippen molar-refractivity contribution in [1.29, 1.82) is 5.26 Å². The fourth-order valence-corrected chi connectivity index (χ4v) is 1.83. The lowest BCUT2D eigenvalue weighted by Gasteiger charge is -2.14. The average Bonchev–Trinajstić information content (AvgIpc) is 2.48. The SMILES string of the molecule is CC(NC(=O)c1ccc(C#N)cn1)c1ccc(Cl)cc1. The molecule has 1 N–H and O–H groups in total. The molecule has 1 atom stereocenters. The Bertz CT molecular complexity index is 644. The zero-order chi connectivity index (χ0) is 14.5. The fraction of sp³-hybridized carbons (Fsp3) is 0.133. The molecule has 1 heterocycles. The molecule has 100 valence electrons. The highest BCUT2D eigenvalue weighted by Gasteiger charge is 2.12. The van der Waals surface area contributed by atoms with Gasteiger partial charge in [0.05, 0.1) is 11.6 Å². The summed E-state index contributed by atoms with van der Waals surface area (Å²) >= 11 is 5.82. The van der Waals surface area contributed by atoms with Gasteiger partial charge in [-0.3, -0.25) is 4.79 Å². The molecule has 0 aliphatic rings. The van der Waals surface area contributed by atoms with E-state index in [2.05, 4.69) is 10.3 Å². The number of aromatic nitrogens is 1. The Hall–Kier alpha value is -2.38. The molecule has 0 bridgehead atoms. The predicted octanol–water partition coefficient (Wildman–Crippen LogP) is 3.10. The van der Waals surface area contributed by atoms with Crippen LogP contribution in [0.3, 0.4) is 0 Å². The van der Waals surface area contributed by atoms with E-state index < -0.39 is 0 Å². The van der Waals surface area contributed by atoms with Crippen LogP contribution in [0.25, 0.3) is 0 Å². The normalized spacial score (nSPS) is 11.4. The van der Waals surface area contributed by atoms with Crippen molar-refractivity contribution in [3.05, 3.63) is 64.4 Å². The Morgan fingerprint density at radius 2 is 2.00 bits per heavy atom. The second-order valence-electron chi connectivity index (χ2n) is 4.29. The van der Waals surface area contributed by atoms with Gasteiger partial charge >= 0.3 is 0 Å². The van der Waals surface area contributed by atoms with Gasteiger partial charge in [0.15, 0.2) is 0 Å². The average molecular weight is 286 g/mol. The summed E-state index contributed by atoms with van der Waals surface area (Å²) < 4.78 is 0. The minimum Gasteiger partial charge on any atom is -0.344 e. The molecule has 0 spiro atoms. The van der Waals surface area contributed by atoms with Gasteiger partial charge in [0.2, 0.25) is 0 Å². The van der Waals surface area contributed by atoms with E-state index >= 15 is 0 Å². The number of benzene rings is 1. The van der Waals surface area contributed by atoms with Crippen molar-refractivity contribution in [2.45, 2.75) is 13.0 Å². The summed E-state index contributed by atoms with van der Waals surface area (Å²) in [5, 5.41) is 12.2. The smallest absolute Gasteiger partial charge is 0.270 e. The highest BCUT2D eigenvalue weighted by molar-refractivity contribution is 6.30. The van der Waals surface area contributed by atoms with E-state index in [1.165, 1.54) is 12.3 Å². The number of halogens is 1. The van der Waals surface area contributed by atoms with Gasteiger partial charge in [-0.05, 0) is 36.8 Å². The molecule has 0 saturated carbocycles. The fourth-order valence-electron chi connectivity index (χ4n) is 1.70. The standard InChI is InChI=1S/C15H12ClN3O/c1-10(12-3-5-13(16)6-4-12)19-15(20)14-7-2-11(8-17)9-18-14/h2-7,9-10H,1H3,(H,19,20). The van der Waals surface area contributed by atoms with E-state index in [1.54, 1.807) is 18.2 Å². The number of nitriles is 1. The second kappa shape index (κ2) is 6.18. The monoisotopic (exact) mass is 285 g/mol. The molecule has 1 unspecified atom stereocenters. The minimum absolute atomic E-state index is 0.155. The van der Waals surface area contributed by atoms with E-state index in [0.29, 0.717) is 10.6 Å². The molecule has 1 aromatic heterocycles. The molecule has 0 radical (unpaired) electrons. The molecule has 0 aliphatic carbocycles. The van der Waals surface area contributed by atoms with E-state index in [-0.39, 0.29) is 17.6 Å². The number of carbonyl (C=O) groups is 1. The molecule has 0 aliphatic heterocycles. The summed E-state index contributed by atoms with van der Waals surface area (Å²) in [4.78, 5) is 16.0. The van der Waals surface area contributed by atoms with Gasteiger partial charge in [-0.25, -0.2) is 4.98 Å². The van der Waals surface area contributed by atoms with Gasteiger partial charge in [-0.2, -0.15) is 5.26 Å². The van der Waals surface area contributed by atoms with Crippen LogP contribution in [0.4, 0.5) is 0 Å². The van der Waals surface area contributed by atoms with E-state index in [1.807, 2.05) is 25.1 Å². The van der Waals surface area contributed by atoms with Crippen LogP contribution in [-0.4, -0.2) is 10.9 Å². The lowest BCUT2D eigenvalue weighted by Crippen LogP contribution is -2.27. The Morgan fingerprint density at radius 3 is 2.55 bits per heavy atom. The molecule has 1 aromatic carbocycles. The first-order valence-electron chi connectivity index (χ1n) is 6.02. The summed E-state index contributed by atoms with van der Waals surface area (Å²) in [5.74, 6) is -0.281. The Balaban J connectivity index is 2.06. The summed E-state index contributed by atoms with van der Waals surface area (Å²) in [6.07, 6.45) is 1.38. The van der Waals surface area contributed by atoms with Gasteiger partial charge in [-0.15, -0.1) is 0 Å². The molecule has 4 nitrogen and oxygen atoms in total. The van der Waals surface area contributed by atoms with E-state index in [9.17, 15) is 4.79 Å². The Morgan fingerprint density at radius 1 is 1.30 bits per heavy atom. The number of nitrogens with one attached hydrogen (secondary N) is 1. The lowest BCUT2D eigenvalue weighted by atomic mass is 10.1. The summed E-state index contributed by atoms with van der Waals surface area (Å²) in [7, 11) is 0. The van der Waals surface area contributed by atoms with Crippen LogP contribution in [0.1, 0.15) is 34.6 Å². The predicted molar refractivity (Wildman–Crippen MR) is 76.3 cm³/mol. The Kier molecular flexibility index (Phi) is 4.34. The highest BCUT2D eigenvalue weighted by atomic mass is 35.5. The van der Waals surface area contributed by atoms with E-state index in [0.717, 1.165) is 5.56 Å². The van der Waals surface area contributed by atoms with E-state index in [4.69, 9.17) is 16.9 Å². The number of carbonyl (C=O) groups excluding carboxylic acids is 1. The maximum absolute atomic E-state index is 12.0. The maximum atomic E-state index is 12.0. The molecular weight excluding hydrogens is 274 g/mol. The third-order valence-electron chi connectivity index (χ3n) is 2.84. The molecule has 2 rings (SSSR count). The Labute approximate surface area is 122 Å². The lowest BCUT2D eigenvalue weighted by molar-refractivity contribution is 0.0935. The van der Waals surface area contributed by atoms with Crippen molar-refractivity contribution in [2.24, 2.45) is 0 Å². The molecule has 5 heteroatoms. The number of pyridine rings is 1. The maximum Gasteiger partial charge on any atom is 0.270 e. The van der Waals surface area contributed by atoms with Crippen molar-refractivity contribution in [3.63, 3.8) is 0 Å². The van der Waals surface area contributed by atoms with Crippen LogP contribution in [0.5, 0.6) is 0 Å². The molecule has 1 amide bonds. The first-order chi connectivity index (χ1) is 9.60. The van der Waals surface area contributed by atoms with Crippen LogP contribution < -0.4 is 5.32 Å². The number of hydrogen-bond donors (Lipinski definition) is 1. The molecular formula is C15H12ClN3O. The number of amides is 1. The third-order valence-corrected chi connectivity index (χ3v) is 3.09. The van der Waals surface area contributed by atoms with Crippen LogP contribution in [0.15, 0.2) is 42.6 Å². The zero-order valence-electron chi connectivity index (χ0n) is 10.8. The van der Waals surface area contributed by atoms with Crippen molar-refractivity contribution in [2.75, 3.05) is 0 Å². The number of hydrogen-bond acceptors (Lipinski definition) is 3.